The van der Waals surface area contributed by atoms with Gasteiger partial charge in [-0.05, 0) is 74.6 Å². The van der Waals surface area contributed by atoms with Crippen molar-refractivity contribution in [3.63, 3.8) is 0 Å². The highest BCUT2D eigenvalue weighted by atomic mass is 32.1. The molecule has 0 amide bonds. The lowest BCUT2D eigenvalue weighted by molar-refractivity contribution is 0.248. The quantitative estimate of drug-likeness (QED) is 0.438. The Balaban J connectivity index is 1.79. The summed E-state index contributed by atoms with van der Waals surface area (Å²) < 4.78 is 11.0. The first-order chi connectivity index (χ1) is 15.0. The lowest BCUT2D eigenvalue weighted by atomic mass is 10.1. The Morgan fingerprint density at radius 1 is 1.06 bits per heavy atom. The number of anilines is 1. The number of aliphatic hydroxyl groups excluding tert-OH is 1. The van der Waals surface area contributed by atoms with Gasteiger partial charge in [-0.1, -0.05) is 0 Å². The van der Waals surface area contributed by atoms with E-state index in [0.29, 0.717) is 30.4 Å². The molecule has 164 valence electrons. The third-order valence-corrected chi connectivity index (χ3v) is 5.00. The number of fused-ring (bicyclic) bond motifs is 1. The molecule has 1 heterocycles. The van der Waals surface area contributed by atoms with Gasteiger partial charge in [0.05, 0.1) is 26.4 Å². The summed E-state index contributed by atoms with van der Waals surface area (Å²) in [7, 11) is 0. The standard InChI is InChI=1S/C23H27N3O4S/c1-3-29-19-7-5-18(6-8-19)24-23(31)26(11-12-27)15-17-13-16-14-20(30-4-2)9-10-21(16)25-22(17)28/h5-10,13-14,27H,3-4,11-12,15H2,1-2H3,(H,24,31)(H,25,28). The summed E-state index contributed by atoms with van der Waals surface area (Å²) in [6, 6.07) is 14.8. The minimum absolute atomic E-state index is 0.0922. The summed E-state index contributed by atoms with van der Waals surface area (Å²) in [5.41, 5.74) is 1.89. The van der Waals surface area contributed by atoms with E-state index in [1.807, 2.05) is 62.4 Å². The number of benzene rings is 2. The molecule has 0 fully saturated rings. The maximum Gasteiger partial charge on any atom is 0.253 e. The maximum absolute atomic E-state index is 12.6. The molecular weight excluding hydrogens is 414 g/mol. The monoisotopic (exact) mass is 441 g/mol. The smallest absolute Gasteiger partial charge is 0.253 e. The summed E-state index contributed by atoms with van der Waals surface area (Å²) in [4.78, 5) is 17.3. The fourth-order valence-corrected chi connectivity index (χ4v) is 3.46. The number of thiocarbonyl (C=S) groups is 1. The van der Waals surface area contributed by atoms with E-state index in [2.05, 4.69) is 10.3 Å². The first kappa shape index (κ1) is 22.6. The molecule has 3 aromatic rings. The van der Waals surface area contributed by atoms with Crippen LogP contribution in [0.5, 0.6) is 11.5 Å². The predicted octanol–water partition coefficient (Wildman–Crippen LogP) is 3.52. The number of hydrogen-bond acceptors (Lipinski definition) is 5. The summed E-state index contributed by atoms with van der Waals surface area (Å²) >= 11 is 5.54. The molecule has 7 nitrogen and oxygen atoms in total. The van der Waals surface area contributed by atoms with Crippen LogP contribution >= 0.6 is 12.2 Å². The first-order valence-corrected chi connectivity index (χ1v) is 10.6. The van der Waals surface area contributed by atoms with Crippen molar-refractivity contribution < 1.29 is 14.6 Å². The predicted molar refractivity (Wildman–Crippen MR) is 127 cm³/mol. The zero-order valence-electron chi connectivity index (χ0n) is 17.7. The van der Waals surface area contributed by atoms with E-state index in [-0.39, 0.29) is 18.7 Å². The van der Waals surface area contributed by atoms with Crippen molar-refractivity contribution in [3.8, 4) is 11.5 Å². The molecule has 0 saturated carbocycles. The zero-order chi connectivity index (χ0) is 22.2. The third kappa shape index (κ3) is 5.96. The third-order valence-electron chi connectivity index (χ3n) is 4.64. The Labute approximate surface area is 186 Å². The van der Waals surface area contributed by atoms with E-state index < -0.39 is 0 Å². The lowest BCUT2D eigenvalue weighted by Crippen LogP contribution is -2.37. The van der Waals surface area contributed by atoms with Crippen molar-refractivity contribution in [1.29, 1.82) is 0 Å². The summed E-state index contributed by atoms with van der Waals surface area (Å²) in [5, 5.41) is 14.0. The lowest BCUT2D eigenvalue weighted by Gasteiger charge is -2.25. The highest BCUT2D eigenvalue weighted by molar-refractivity contribution is 7.80. The van der Waals surface area contributed by atoms with Crippen LogP contribution in [0.2, 0.25) is 0 Å². The Kier molecular flexibility index (Phi) is 7.86. The zero-order valence-corrected chi connectivity index (χ0v) is 18.5. The van der Waals surface area contributed by atoms with Crippen molar-refractivity contribution in [3.05, 3.63) is 64.4 Å². The highest BCUT2D eigenvalue weighted by Crippen LogP contribution is 2.20. The van der Waals surface area contributed by atoms with Crippen molar-refractivity contribution in [2.24, 2.45) is 0 Å². The van der Waals surface area contributed by atoms with Crippen LogP contribution in [-0.4, -0.2) is 46.5 Å². The van der Waals surface area contributed by atoms with Crippen LogP contribution in [0.3, 0.4) is 0 Å². The molecule has 0 unspecified atom stereocenters. The van der Waals surface area contributed by atoms with Crippen LogP contribution < -0.4 is 20.3 Å². The molecule has 3 rings (SSSR count). The molecule has 2 aromatic carbocycles. The largest absolute Gasteiger partial charge is 0.494 e. The average molecular weight is 442 g/mol. The van der Waals surface area contributed by atoms with Crippen LogP contribution in [0.1, 0.15) is 19.4 Å². The van der Waals surface area contributed by atoms with Gasteiger partial charge in [0.15, 0.2) is 5.11 Å². The molecule has 0 radical (unpaired) electrons. The first-order valence-electron chi connectivity index (χ1n) is 10.2. The van der Waals surface area contributed by atoms with Gasteiger partial charge in [-0.25, -0.2) is 0 Å². The van der Waals surface area contributed by atoms with E-state index in [1.165, 1.54) is 0 Å². The van der Waals surface area contributed by atoms with E-state index in [0.717, 1.165) is 28.1 Å². The Morgan fingerprint density at radius 3 is 2.42 bits per heavy atom. The van der Waals surface area contributed by atoms with Crippen molar-refractivity contribution in [2.75, 3.05) is 31.7 Å². The normalized spacial score (nSPS) is 10.7. The number of aromatic nitrogens is 1. The Morgan fingerprint density at radius 2 is 1.74 bits per heavy atom. The molecule has 0 bridgehead atoms. The SMILES string of the molecule is CCOc1ccc(NC(=S)N(CCO)Cc2cc3cc(OCC)ccc3[nH]c2=O)cc1. The van der Waals surface area contributed by atoms with Crippen molar-refractivity contribution in [1.82, 2.24) is 9.88 Å². The van der Waals surface area contributed by atoms with Crippen LogP contribution in [0.15, 0.2) is 53.3 Å². The molecule has 3 N–H and O–H groups in total. The molecule has 0 aliphatic heterocycles. The molecule has 0 atom stereocenters. The second kappa shape index (κ2) is 10.8. The van der Waals surface area contributed by atoms with Gasteiger partial charge in [0, 0.05) is 28.7 Å². The van der Waals surface area contributed by atoms with Crippen LogP contribution in [0.25, 0.3) is 10.9 Å². The van der Waals surface area contributed by atoms with Gasteiger partial charge in [-0.15, -0.1) is 0 Å². The highest BCUT2D eigenvalue weighted by Gasteiger charge is 2.14. The fourth-order valence-electron chi connectivity index (χ4n) is 3.19. The molecule has 0 aliphatic rings. The number of nitrogens with zero attached hydrogens (tertiary/aromatic N) is 1. The number of nitrogens with one attached hydrogen (secondary N) is 2. The van der Waals surface area contributed by atoms with Crippen LogP contribution in [-0.2, 0) is 6.54 Å². The number of ether oxygens (including phenoxy) is 2. The number of rotatable bonds is 9. The molecule has 0 aliphatic carbocycles. The number of pyridine rings is 1. The molecular formula is C23H27N3O4S. The second-order valence-electron chi connectivity index (χ2n) is 6.84. The molecule has 8 heteroatoms. The molecule has 0 saturated heterocycles. The Hall–Kier alpha value is -3.10. The second-order valence-corrected chi connectivity index (χ2v) is 7.23. The van der Waals surface area contributed by atoms with Crippen molar-refractivity contribution in [2.45, 2.75) is 20.4 Å². The number of hydrogen-bond donors (Lipinski definition) is 3. The average Bonchev–Trinajstić information content (AvgIpc) is 2.76. The van der Waals surface area contributed by atoms with Gasteiger partial charge in [-0.3, -0.25) is 4.79 Å². The minimum Gasteiger partial charge on any atom is -0.494 e. The number of aromatic amines is 1. The number of H-pyrrole nitrogens is 1. The summed E-state index contributed by atoms with van der Waals surface area (Å²) in [5.74, 6) is 1.52. The van der Waals surface area contributed by atoms with Gasteiger partial charge < -0.3 is 29.8 Å². The minimum atomic E-state index is -0.191. The summed E-state index contributed by atoms with van der Waals surface area (Å²) in [6.45, 7) is 5.48. The van der Waals surface area contributed by atoms with Crippen LogP contribution in [0, 0.1) is 0 Å². The van der Waals surface area contributed by atoms with Gasteiger partial charge in [0.1, 0.15) is 11.5 Å². The topological polar surface area (TPSA) is 86.8 Å². The van der Waals surface area contributed by atoms with E-state index in [4.69, 9.17) is 21.7 Å². The van der Waals surface area contributed by atoms with Gasteiger partial charge in [0.25, 0.3) is 5.56 Å². The van der Waals surface area contributed by atoms with E-state index in [9.17, 15) is 9.90 Å². The Bertz CT molecular complexity index is 1080. The van der Waals surface area contributed by atoms with Crippen molar-refractivity contribution >= 4 is 33.9 Å². The van der Waals surface area contributed by atoms with E-state index in [1.54, 1.807) is 4.90 Å². The van der Waals surface area contributed by atoms with E-state index >= 15 is 0 Å². The van der Waals surface area contributed by atoms with Crippen LogP contribution in [0.4, 0.5) is 5.69 Å². The summed E-state index contributed by atoms with van der Waals surface area (Å²) in [6.07, 6.45) is 0. The van der Waals surface area contributed by atoms with Gasteiger partial charge >= 0.3 is 0 Å². The molecule has 0 spiro atoms. The fraction of sp³-hybridized carbons (Fsp3) is 0.304. The molecule has 31 heavy (non-hydrogen) atoms. The number of aliphatic hydroxyl groups is 1. The maximum atomic E-state index is 12.6. The molecule has 1 aromatic heterocycles. The van der Waals surface area contributed by atoms with Gasteiger partial charge in [-0.2, -0.15) is 0 Å². The van der Waals surface area contributed by atoms with Gasteiger partial charge in [0.2, 0.25) is 0 Å².